The van der Waals surface area contributed by atoms with E-state index in [4.69, 9.17) is 4.74 Å². The summed E-state index contributed by atoms with van der Waals surface area (Å²) in [7, 11) is 0. The standard InChI is InChI=1S/C12H15NO2/c14-9-3-7-13-8-4-10-15-12-6-2-1-5-11(12)13/h1-2,5-6,9H,3-4,7-8,10H2. The van der Waals surface area contributed by atoms with Gasteiger partial charge in [0.25, 0.3) is 0 Å². The summed E-state index contributed by atoms with van der Waals surface area (Å²) in [6, 6.07) is 8.00. The van der Waals surface area contributed by atoms with E-state index in [-0.39, 0.29) is 0 Å². The fraction of sp³-hybridized carbons (Fsp3) is 0.417. The number of hydrogen-bond donors (Lipinski definition) is 0. The number of carbonyl (C=O) groups is 1. The molecule has 80 valence electrons. The molecule has 15 heavy (non-hydrogen) atoms. The Labute approximate surface area is 89.7 Å². The fourth-order valence-electron chi connectivity index (χ4n) is 1.84. The summed E-state index contributed by atoms with van der Waals surface area (Å²) in [6.45, 7) is 2.50. The maximum Gasteiger partial charge on any atom is 0.142 e. The van der Waals surface area contributed by atoms with E-state index < -0.39 is 0 Å². The SMILES string of the molecule is O=CCCN1CCCOc2ccccc21. The van der Waals surface area contributed by atoms with Crippen LogP contribution in [-0.2, 0) is 4.79 Å². The lowest BCUT2D eigenvalue weighted by atomic mass is 10.2. The minimum atomic E-state index is 0.578. The Bertz CT molecular complexity index is 338. The van der Waals surface area contributed by atoms with Crippen LogP contribution in [0.1, 0.15) is 12.8 Å². The predicted molar refractivity (Wildman–Crippen MR) is 59.4 cm³/mol. The second-order valence-corrected chi connectivity index (χ2v) is 3.61. The number of fused-ring (bicyclic) bond motifs is 1. The van der Waals surface area contributed by atoms with E-state index in [1.165, 1.54) is 0 Å². The molecular weight excluding hydrogens is 190 g/mol. The first kappa shape index (κ1) is 10.0. The lowest BCUT2D eigenvalue weighted by Gasteiger charge is -2.22. The highest BCUT2D eigenvalue weighted by Gasteiger charge is 2.14. The number of hydrogen-bond acceptors (Lipinski definition) is 3. The van der Waals surface area contributed by atoms with Gasteiger partial charge in [-0.05, 0) is 18.6 Å². The first-order valence-corrected chi connectivity index (χ1v) is 5.32. The van der Waals surface area contributed by atoms with Gasteiger partial charge in [0, 0.05) is 19.5 Å². The maximum absolute atomic E-state index is 10.4. The number of ether oxygens (including phenoxy) is 1. The zero-order valence-electron chi connectivity index (χ0n) is 8.69. The molecule has 0 radical (unpaired) electrons. The van der Waals surface area contributed by atoms with E-state index in [0.29, 0.717) is 6.42 Å². The molecule has 3 heteroatoms. The van der Waals surface area contributed by atoms with E-state index in [0.717, 1.165) is 43.8 Å². The highest BCUT2D eigenvalue weighted by molar-refractivity contribution is 5.60. The topological polar surface area (TPSA) is 29.5 Å². The number of para-hydroxylation sites is 2. The van der Waals surface area contributed by atoms with Crippen molar-refractivity contribution in [1.82, 2.24) is 0 Å². The quantitative estimate of drug-likeness (QED) is 0.705. The van der Waals surface area contributed by atoms with Gasteiger partial charge < -0.3 is 14.4 Å². The first-order chi connectivity index (χ1) is 7.42. The molecule has 0 N–H and O–H groups in total. The Hall–Kier alpha value is -1.51. The molecule has 0 saturated carbocycles. The van der Waals surface area contributed by atoms with Gasteiger partial charge in [-0.15, -0.1) is 0 Å². The van der Waals surface area contributed by atoms with E-state index in [2.05, 4.69) is 4.90 Å². The lowest BCUT2D eigenvalue weighted by molar-refractivity contribution is -0.107. The minimum Gasteiger partial charge on any atom is -0.491 e. The van der Waals surface area contributed by atoms with Crippen molar-refractivity contribution < 1.29 is 9.53 Å². The summed E-state index contributed by atoms with van der Waals surface area (Å²) in [6.07, 6.45) is 2.55. The van der Waals surface area contributed by atoms with Crippen LogP contribution >= 0.6 is 0 Å². The monoisotopic (exact) mass is 205 g/mol. The van der Waals surface area contributed by atoms with Crippen molar-refractivity contribution in [3.8, 4) is 5.75 Å². The van der Waals surface area contributed by atoms with Gasteiger partial charge >= 0.3 is 0 Å². The molecule has 2 rings (SSSR count). The third-order valence-corrected chi connectivity index (χ3v) is 2.55. The van der Waals surface area contributed by atoms with Crippen molar-refractivity contribution in [3.63, 3.8) is 0 Å². The van der Waals surface area contributed by atoms with Crippen molar-refractivity contribution >= 4 is 12.0 Å². The zero-order chi connectivity index (χ0) is 10.5. The maximum atomic E-state index is 10.4. The molecule has 0 aliphatic carbocycles. The van der Waals surface area contributed by atoms with Crippen molar-refractivity contribution in [3.05, 3.63) is 24.3 Å². The fourth-order valence-corrected chi connectivity index (χ4v) is 1.84. The van der Waals surface area contributed by atoms with E-state index >= 15 is 0 Å². The van der Waals surface area contributed by atoms with Crippen LogP contribution in [0, 0.1) is 0 Å². The highest BCUT2D eigenvalue weighted by Crippen LogP contribution is 2.30. The molecule has 1 aliphatic rings. The van der Waals surface area contributed by atoms with Gasteiger partial charge in [-0.25, -0.2) is 0 Å². The smallest absolute Gasteiger partial charge is 0.142 e. The predicted octanol–water partition coefficient (Wildman–Crippen LogP) is 1.86. The lowest BCUT2D eigenvalue weighted by Crippen LogP contribution is -2.25. The Morgan fingerprint density at radius 3 is 3.13 bits per heavy atom. The third kappa shape index (κ3) is 2.29. The van der Waals surface area contributed by atoms with E-state index in [1.807, 2.05) is 24.3 Å². The summed E-state index contributed by atoms with van der Waals surface area (Å²) < 4.78 is 5.63. The van der Waals surface area contributed by atoms with Gasteiger partial charge in [0.1, 0.15) is 12.0 Å². The Kier molecular flexibility index (Phi) is 3.22. The number of rotatable bonds is 3. The summed E-state index contributed by atoms with van der Waals surface area (Å²) >= 11 is 0. The summed E-state index contributed by atoms with van der Waals surface area (Å²) in [5.74, 6) is 0.931. The third-order valence-electron chi connectivity index (χ3n) is 2.55. The van der Waals surface area contributed by atoms with Crippen LogP contribution in [-0.4, -0.2) is 26.0 Å². The normalized spacial score (nSPS) is 15.1. The molecule has 1 heterocycles. The second kappa shape index (κ2) is 4.82. The molecule has 0 spiro atoms. The molecule has 3 nitrogen and oxygen atoms in total. The molecule has 1 aromatic carbocycles. The van der Waals surface area contributed by atoms with Crippen LogP contribution in [0.5, 0.6) is 5.75 Å². The van der Waals surface area contributed by atoms with Crippen LogP contribution in [0.2, 0.25) is 0 Å². The Morgan fingerprint density at radius 2 is 2.27 bits per heavy atom. The van der Waals surface area contributed by atoms with Crippen LogP contribution in [0.3, 0.4) is 0 Å². The van der Waals surface area contributed by atoms with E-state index in [9.17, 15) is 4.79 Å². The molecule has 0 bridgehead atoms. The van der Waals surface area contributed by atoms with Crippen LogP contribution in [0.25, 0.3) is 0 Å². The van der Waals surface area contributed by atoms with Crippen molar-refractivity contribution in [1.29, 1.82) is 0 Å². The van der Waals surface area contributed by atoms with Gasteiger partial charge in [-0.2, -0.15) is 0 Å². The van der Waals surface area contributed by atoms with Gasteiger partial charge in [0.15, 0.2) is 0 Å². The van der Waals surface area contributed by atoms with Crippen molar-refractivity contribution in [2.45, 2.75) is 12.8 Å². The average Bonchev–Trinajstić information content (AvgIpc) is 2.49. The first-order valence-electron chi connectivity index (χ1n) is 5.32. The van der Waals surface area contributed by atoms with Crippen molar-refractivity contribution in [2.75, 3.05) is 24.6 Å². The zero-order valence-corrected chi connectivity index (χ0v) is 8.69. The molecule has 0 atom stereocenters. The molecule has 1 aromatic rings. The molecule has 0 amide bonds. The van der Waals surface area contributed by atoms with E-state index in [1.54, 1.807) is 0 Å². The minimum absolute atomic E-state index is 0.578. The second-order valence-electron chi connectivity index (χ2n) is 3.61. The Morgan fingerprint density at radius 1 is 1.40 bits per heavy atom. The van der Waals surface area contributed by atoms with Crippen LogP contribution in [0.4, 0.5) is 5.69 Å². The summed E-state index contributed by atoms with van der Waals surface area (Å²) in [5, 5.41) is 0. The van der Waals surface area contributed by atoms with Crippen LogP contribution < -0.4 is 9.64 Å². The molecule has 0 saturated heterocycles. The van der Waals surface area contributed by atoms with Gasteiger partial charge in [0.05, 0.1) is 12.3 Å². The number of anilines is 1. The molecule has 0 unspecified atom stereocenters. The average molecular weight is 205 g/mol. The van der Waals surface area contributed by atoms with Gasteiger partial charge in [0.2, 0.25) is 0 Å². The number of nitrogens with zero attached hydrogens (tertiary/aromatic N) is 1. The van der Waals surface area contributed by atoms with Crippen molar-refractivity contribution in [2.24, 2.45) is 0 Å². The number of benzene rings is 1. The Balaban J connectivity index is 2.20. The number of carbonyl (C=O) groups excluding carboxylic acids is 1. The number of aldehydes is 1. The van der Waals surface area contributed by atoms with Gasteiger partial charge in [-0.1, -0.05) is 12.1 Å². The molecule has 0 fully saturated rings. The molecule has 1 aliphatic heterocycles. The van der Waals surface area contributed by atoms with Gasteiger partial charge in [-0.3, -0.25) is 0 Å². The summed E-state index contributed by atoms with van der Waals surface area (Å²) in [4.78, 5) is 12.6. The summed E-state index contributed by atoms with van der Waals surface area (Å²) in [5.41, 5.74) is 1.11. The van der Waals surface area contributed by atoms with Crippen LogP contribution in [0.15, 0.2) is 24.3 Å². The largest absolute Gasteiger partial charge is 0.491 e. The highest BCUT2D eigenvalue weighted by atomic mass is 16.5. The molecular formula is C12H15NO2. The molecule has 0 aromatic heterocycles.